The first-order valence-electron chi connectivity index (χ1n) is 7.25. The summed E-state index contributed by atoms with van der Waals surface area (Å²) in [5.74, 6) is 0.0844. The van der Waals surface area contributed by atoms with E-state index in [1.807, 2.05) is 39.2 Å². The molecule has 0 aliphatic rings. The fourth-order valence-electron chi connectivity index (χ4n) is 2.45. The average Bonchev–Trinajstić information content (AvgIpc) is 2.36. The number of nitrogens with one attached hydrogen (secondary N) is 1. The van der Waals surface area contributed by atoms with E-state index < -0.39 is 0 Å². The van der Waals surface area contributed by atoms with Crippen molar-refractivity contribution in [2.75, 3.05) is 19.4 Å². The van der Waals surface area contributed by atoms with Crippen molar-refractivity contribution in [3.05, 3.63) is 59.2 Å². The van der Waals surface area contributed by atoms with Gasteiger partial charge in [-0.15, -0.1) is 0 Å². The quantitative estimate of drug-likeness (QED) is 0.892. The summed E-state index contributed by atoms with van der Waals surface area (Å²) in [6.45, 7) is 2.85. The van der Waals surface area contributed by atoms with Gasteiger partial charge in [0, 0.05) is 12.2 Å². The lowest BCUT2D eigenvalue weighted by molar-refractivity contribution is -0.115. The van der Waals surface area contributed by atoms with E-state index in [-0.39, 0.29) is 18.1 Å². The number of amides is 1. The molecule has 22 heavy (non-hydrogen) atoms. The highest BCUT2D eigenvalue weighted by Crippen LogP contribution is 2.17. The van der Waals surface area contributed by atoms with Crippen LogP contribution in [-0.4, -0.2) is 30.0 Å². The van der Waals surface area contributed by atoms with Crippen molar-refractivity contribution < 1.29 is 9.90 Å². The van der Waals surface area contributed by atoms with E-state index in [9.17, 15) is 9.90 Å². The number of hydrogen-bond acceptors (Lipinski definition) is 3. The highest BCUT2D eigenvalue weighted by atomic mass is 16.3. The van der Waals surface area contributed by atoms with Crippen molar-refractivity contribution in [3.8, 4) is 5.75 Å². The van der Waals surface area contributed by atoms with Crippen molar-refractivity contribution >= 4 is 11.6 Å². The molecular formula is C18H22N2O2. The summed E-state index contributed by atoms with van der Waals surface area (Å²) in [7, 11) is 4.03. The highest BCUT2D eigenvalue weighted by molar-refractivity contribution is 5.92. The highest BCUT2D eigenvalue weighted by Gasteiger charge is 2.07. The molecule has 0 fully saturated rings. The predicted octanol–water partition coefficient (Wildman–Crippen LogP) is 2.94. The topological polar surface area (TPSA) is 52.6 Å². The molecule has 0 aliphatic heterocycles. The number of nitrogens with zero attached hydrogens (tertiary/aromatic N) is 1. The zero-order chi connectivity index (χ0) is 16.1. The molecule has 0 aliphatic carbocycles. The molecule has 2 rings (SSSR count). The maximum Gasteiger partial charge on any atom is 0.228 e. The van der Waals surface area contributed by atoms with E-state index in [1.165, 1.54) is 0 Å². The second-order valence-electron chi connectivity index (χ2n) is 5.84. The van der Waals surface area contributed by atoms with Gasteiger partial charge < -0.3 is 15.3 Å². The first-order valence-corrected chi connectivity index (χ1v) is 7.25. The fraction of sp³-hybridized carbons (Fsp3) is 0.278. The number of aromatic hydroxyl groups is 1. The lowest BCUT2D eigenvalue weighted by atomic mass is 10.1. The molecule has 0 saturated carbocycles. The number of anilines is 1. The molecule has 2 N–H and O–H groups in total. The molecule has 4 nitrogen and oxygen atoms in total. The second-order valence-corrected chi connectivity index (χ2v) is 5.84. The lowest BCUT2D eigenvalue weighted by Gasteiger charge is -2.13. The molecular weight excluding hydrogens is 276 g/mol. The smallest absolute Gasteiger partial charge is 0.228 e. The fourth-order valence-corrected chi connectivity index (χ4v) is 2.45. The Morgan fingerprint density at radius 1 is 1.14 bits per heavy atom. The molecule has 1 amide bonds. The Morgan fingerprint density at radius 3 is 2.59 bits per heavy atom. The van der Waals surface area contributed by atoms with Crippen molar-refractivity contribution in [2.45, 2.75) is 19.9 Å². The van der Waals surface area contributed by atoms with Crippen LogP contribution in [0.1, 0.15) is 16.7 Å². The largest absolute Gasteiger partial charge is 0.508 e. The Bertz CT molecular complexity index is 666. The lowest BCUT2D eigenvalue weighted by Crippen LogP contribution is -2.15. The van der Waals surface area contributed by atoms with Crippen molar-refractivity contribution in [1.29, 1.82) is 0 Å². The summed E-state index contributed by atoms with van der Waals surface area (Å²) in [5.41, 5.74) is 3.88. The predicted molar refractivity (Wildman–Crippen MR) is 89.0 cm³/mol. The van der Waals surface area contributed by atoms with E-state index in [0.29, 0.717) is 0 Å². The van der Waals surface area contributed by atoms with Gasteiger partial charge in [-0.25, -0.2) is 0 Å². The van der Waals surface area contributed by atoms with E-state index in [1.54, 1.807) is 18.2 Å². The SMILES string of the molecule is Cc1cc(CN(C)C)cc(NC(=O)Cc2cccc(O)c2)c1. The Hall–Kier alpha value is -2.33. The summed E-state index contributed by atoms with van der Waals surface area (Å²) in [5, 5.41) is 12.4. The first-order chi connectivity index (χ1) is 10.4. The van der Waals surface area contributed by atoms with E-state index >= 15 is 0 Å². The Balaban J connectivity index is 2.06. The molecule has 2 aromatic carbocycles. The molecule has 2 aromatic rings. The van der Waals surface area contributed by atoms with Gasteiger partial charge >= 0.3 is 0 Å². The molecule has 0 radical (unpaired) electrons. The third-order valence-electron chi connectivity index (χ3n) is 3.19. The van der Waals surface area contributed by atoms with E-state index in [2.05, 4.69) is 16.3 Å². The van der Waals surface area contributed by atoms with Crippen molar-refractivity contribution in [1.82, 2.24) is 4.90 Å². The van der Waals surface area contributed by atoms with Gasteiger partial charge in [-0.05, 0) is 62.0 Å². The van der Waals surface area contributed by atoms with Crippen LogP contribution in [0.4, 0.5) is 5.69 Å². The van der Waals surface area contributed by atoms with Gasteiger partial charge in [0.1, 0.15) is 5.75 Å². The van der Waals surface area contributed by atoms with Gasteiger partial charge in [-0.1, -0.05) is 18.2 Å². The van der Waals surface area contributed by atoms with Crippen LogP contribution < -0.4 is 5.32 Å². The number of carbonyl (C=O) groups is 1. The van der Waals surface area contributed by atoms with Crippen LogP contribution in [0.25, 0.3) is 0 Å². The maximum absolute atomic E-state index is 12.1. The van der Waals surface area contributed by atoms with Gasteiger partial charge in [0.25, 0.3) is 0 Å². The molecule has 0 heterocycles. The van der Waals surface area contributed by atoms with Crippen molar-refractivity contribution in [2.24, 2.45) is 0 Å². The maximum atomic E-state index is 12.1. The average molecular weight is 298 g/mol. The standard InChI is InChI=1S/C18H22N2O2/c1-13-7-15(12-20(2)3)9-16(8-13)19-18(22)11-14-5-4-6-17(21)10-14/h4-10,21H,11-12H2,1-3H3,(H,19,22). The van der Waals surface area contributed by atoms with Gasteiger partial charge in [0.2, 0.25) is 5.91 Å². The molecule has 0 bridgehead atoms. The molecule has 4 heteroatoms. The number of hydrogen-bond donors (Lipinski definition) is 2. The van der Waals surface area contributed by atoms with Crippen LogP contribution in [0.2, 0.25) is 0 Å². The van der Waals surface area contributed by atoms with Gasteiger partial charge in [-0.3, -0.25) is 4.79 Å². The summed E-state index contributed by atoms with van der Waals surface area (Å²) in [6.07, 6.45) is 0.241. The molecule has 0 spiro atoms. The van der Waals surface area contributed by atoms with Crippen LogP contribution >= 0.6 is 0 Å². The number of carbonyl (C=O) groups excluding carboxylic acids is 1. The van der Waals surface area contributed by atoms with Gasteiger partial charge in [-0.2, -0.15) is 0 Å². The molecule has 0 unspecified atom stereocenters. The van der Waals surface area contributed by atoms with E-state index in [4.69, 9.17) is 0 Å². The van der Waals surface area contributed by atoms with Gasteiger partial charge in [0.05, 0.1) is 6.42 Å². The van der Waals surface area contributed by atoms with E-state index in [0.717, 1.165) is 28.9 Å². The summed E-state index contributed by atoms with van der Waals surface area (Å²) in [4.78, 5) is 14.2. The Kier molecular flexibility index (Phi) is 5.17. The number of benzene rings is 2. The van der Waals surface area contributed by atoms with Crippen LogP contribution in [0, 0.1) is 6.92 Å². The zero-order valence-corrected chi connectivity index (χ0v) is 13.3. The third kappa shape index (κ3) is 4.90. The summed E-state index contributed by atoms with van der Waals surface area (Å²) in [6, 6.07) is 12.8. The first kappa shape index (κ1) is 16.0. The normalized spacial score (nSPS) is 10.7. The van der Waals surface area contributed by atoms with Gasteiger partial charge in [0.15, 0.2) is 0 Å². The Labute approximate surface area is 131 Å². The Morgan fingerprint density at radius 2 is 1.91 bits per heavy atom. The van der Waals surface area contributed by atoms with Crippen molar-refractivity contribution in [3.63, 3.8) is 0 Å². The second kappa shape index (κ2) is 7.09. The number of aryl methyl sites for hydroxylation is 1. The van der Waals surface area contributed by atoms with Crippen LogP contribution in [0.15, 0.2) is 42.5 Å². The molecule has 116 valence electrons. The molecule has 0 saturated heterocycles. The van der Waals surface area contributed by atoms with Crippen LogP contribution in [-0.2, 0) is 17.8 Å². The summed E-state index contributed by atoms with van der Waals surface area (Å²) >= 11 is 0. The third-order valence-corrected chi connectivity index (χ3v) is 3.19. The number of phenols is 1. The minimum absolute atomic E-state index is 0.0907. The molecule has 0 aromatic heterocycles. The monoisotopic (exact) mass is 298 g/mol. The van der Waals surface area contributed by atoms with Crippen LogP contribution in [0.3, 0.4) is 0 Å². The zero-order valence-electron chi connectivity index (χ0n) is 13.3. The molecule has 0 atom stereocenters. The minimum atomic E-state index is -0.0907. The summed E-state index contributed by atoms with van der Waals surface area (Å²) < 4.78 is 0. The number of rotatable bonds is 5. The number of phenolic OH excluding ortho intramolecular Hbond substituents is 1. The minimum Gasteiger partial charge on any atom is -0.508 e. The van der Waals surface area contributed by atoms with Crippen LogP contribution in [0.5, 0.6) is 5.75 Å².